The summed E-state index contributed by atoms with van der Waals surface area (Å²) in [4.78, 5) is 35.1. The number of nitrogens with one attached hydrogen (secondary N) is 1. The molecule has 0 aliphatic rings. The second-order valence-electron chi connectivity index (χ2n) is 5.36. The summed E-state index contributed by atoms with van der Waals surface area (Å²) in [6, 6.07) is 8.80. The van der Waals surface area contributed by atoms with Crippen LogP contribution in [-0.2, 0) is 9.59 Å². The Bertz CT molecular complexity index is 521. The van der Waals surface area contributed by atoms with Gasteiger partial charge in [0.05, 0.1) is 5.41 Å². The van der Waals surface area contributed by atoms with E-state index in [0.29, 0.717) is 18.4 Å². The normalized spacial score (nSPS) is 11.0. The zero-order valence-electron chi connectivity index (χ0n) is 13.1. The minimum atomic E-state index is -0.931. The van der Waals surface area contributed by atoms with Crippen LogP contribution in [0.2, 0.25) is 0 Å². The van der Waals surface area contributed by atoms with E-state index in [1.54, 1.807) is 38.1 Å². The summed E-state index contributed by atoms with van der Waals surface area (Å²) in [7, 11) is 0. The molecular formula is C17H23NO4. The van der Waals surface area contributed by atoms with Crippen LogP contribution in [-0.4, -0.2) is 29.3 Å². The number of Topliss-reactive ketones (excluding diaryl/α,β-unsaturated/α-hetero) is 1. The fourth-order valence-electron chi connectivity index (χ4n) is 2.23. The lowest BCUT2D eigenvalue weighted by atomic mass is 9.82. The van der Waals surface area contributed by atoms with E-state index in [0.717, 1.165) is 0 Å². The summed E-state index contributed by atoms with van der Waals surface area (Å²) in [5.41, 5.74) is -0.351. The molecule has 0 saturated carbocycles. The van der Waals surface area contributed by atoms with E-state index in [1.165, 1.54) is 0 Å². The maximum absolute atomic E-state index is 11.9. The minimum Gasteiger partial charge on any atom is -0.481 e. The Morgan fingerprint density at radius 3 is 2.14 bits per heavy atom. The Morgan fingerprint density at radius 2 is 1.64 bits per heavy atom. The number of aliphatic carboxylic acids is 1. The van der Waals surface area contributed by atoms with Crippen LogP contribution in [0.15, 0.2) is 30.3 Å². The zero-order valence-corrected chi connectivity index (χ0v) is 13.1. The van der Waals surface area contributed by atoms with Gasteiger partial charge in [0, 0.05) is 24.9 Å². The highest BCUT2D eigenvalue weighted by molar-refractivity contribution is 5.97. The van der Waals surface area contributed by atoms with Crippen LogP contribution in [0.25, 0.3) is 0 Å². The number of carboxylic acid groups (broad SMARTS) is 1. The highest BCUT2D eigenvalue weighted by atomic mass is 16.4. The SMILES string of the molecule is CCC(CC)(CNC(=O)CCC(=O)c1ccccc1)C(=O)O. The zero-order chi connectivity index (χ0) is 16.6. The number of amides is 1. The van der Waals surface area contributed by atoms with E-state index in [2.05, 4.69) is 5.32 Å². The Labute approximate surface area is 130 Å². The smallest absolute Gasteiger partial charge is 0.311 e. The number of carbonyl (C=O) groups excluding carboxylic acids is 2. The summed E-state index contributed by atoms with van der Waals surface area (Å²) in [5, 5.41) is 11.9. The van der Waals surface area contributed by atoms with E-state index in [-0.39, 0.29) is 31.1 Å². The topological polar surface area (TPSA) is 83.5 Å². The number of carbonyl (C=O) groups is 3. The van der Waals surface area contributed by atoms with Gasteiger partial charge >= 0.3 is 5.97 Å². The number of benzene rings is 1. The first kappa shape index (κ1) is 17.9. The van der Waals surface area contributed by atoms with Gasteiger partial charge in [-0.05, 0) is 12.8 Å². The second kappa shape index (κ2) is 8.32. The van der Waals surface area contributed by atoms with Crippen molar-refractivity contribution in [3.8, 4) is 0 Å². The first-order valence-electron chi connectivity index (χ1n) is 7.53. The van der Waals surface area contributed by atoms with Crippen LogP contribution in [0.1, 0.15) is 49.9 Å². The molecule has 0 spiro atoms. The van der Waals surface area contributed by atoms with Gasteiger partial charge in [-0.1, -0.05) is 44.2 Å². The molecule has 0 saturated heterocycles. The molecule has 5 heteroatoms. The van der Waals surface area contributed by atoms with E-state index < -0.39 is 11.4 Å². The molecule has 0 bridgehead atoms. The minimum absolute atomic E-state index is 0.0663. The molecule has 0 radical (unpaired) electrons. The number of hydrogen-bond donors (Lipinski definition) is 2. The molecule has 0 aromatic heterocycles. The first-order chi connectivity index (χ1) is 10.4. The molecular weight excluding hydrogens is 282 g/mol. The standard InChI is InChI=1S/C17H23NO4/c1-3-17(4-2,16(21)22)12-18-15(20)11-10-14(19)13-8-6-5-7-9-13/h5-9H,3-4,10-12H2,1-2H3,(H,18,20)(H,21,22). The third kappa shape index (κ3) is 4.69. The quantitative estimate of drug-likeness (QED) is 0.687. The highest BCUT2D eigenvalue weighted by Gasteiger charge is 2.35. The number of carboxylic acids is 1. The first-order valence-corrected chi connectivity index (χ1v) is 7.53. The lowest BCUT2D eigenvalue weighted by molar-refractivity contribution is -0.149. The van der Waals surface area contributed by atoms with Crippen LogP contribution in [0.3, 0.4) is 0 Å². The van der Waals surface area contributed by atoms with Crippen molar-refractivity contribution in [1.82, 2.24) is 5.32 Å². The molecule has 1 aromatic rings. The van der Waals surface area contributed by atoms with Crippen molar-refractivity contribution in [3.63, 3.8) is 0 Å². The summed E-state index contributed by atoms with van der Waals surface area (Å²) in [6.07, 6.45) is 1.08. The number of ketones is 1. The fraction of sp³-hybridized carbons (Fsp3) is 0.471. The number of rotatable bonds is 9. The molecule has 5 nitrogen and oxygen atoms in total. The molecule has 1 amide bonds. The fourth-order valence-corrected chi connectivity index (χ4v) is 2.23. The van der Waals surface area contributed by atoms with Gasteiger partial charge in [0.1, 0.15) is 0 Å². The van der Waals surface area contributed by atoms with E-state index in [1.807, 2.05) is 6.07 Å². The van der Waals surface area contributed by atoms with Gasteiger partial charge in [0.2, 0.25) is 5.91 Å². The lowest BCUT2D eigenvalue weighted by Gasteiger charge is -2.26. The van der Waals surface area contributed by atoms with Gasteiger partial charge in [-0.15, -0.1) is 0 Å². The average Bonchev–Trinajstić information content (AvgIpc) is 2.54. The predicted molar refractivity (Wildman–Crippen MR) is 83.7 cm³/mol. The average molecular weight is 305 g/mol. The van der Waals surface area contributed by atoms with Crippen molar-refractivity contribution in [1.29, 1.82) is 0 Å². The summed E-state index contributed by atoms with van der Waals surface area (Å²) < 4.78 is 0. The van der Waals surface area contributed by atoms with Crippen molar-refractivity contribution in [3.05, 3.63) is 35.9 Å². The molecule has 22 heavy (non-hydrogen) atoms. The Hall–Kier alpha value is -2.17. The monoisotopic (exact) mass is 305 g/mol. The van der Waals surface area contributed by atoms with Crippen molar-refractivity contribution >= 4 is 17.7 Å². The van der Waals surface area contributed by atoms with Gasteiger partial charge in [-0.3, -0.25) is 14.4 Å². The van der Waals surface area contributed by atoms with Gasteiger partial charge in [-0.25, -0.2) is 0 Å². The van der Waals surface area contributed by atoms with Crippen LogP contribution in [0.5, 0.6) is 0 Å². The third-order valence-electron chi connectivity index (χ3n) is 4.11. The summed E-state index contributed by atoms with van der Waals surface area (Å²) in [6.45, 7) is 3.68. The van der Waals surface area contributed by atoms with Crippen molar-refractivity contribution in [2.75, 3.05) is 6.54 Å². The second-order valence-corrected chi connectivity index (χ2v) is 5.36. The molecule has 1 aromatic carbocycles. The highest BCUT2D eigenvalue weighted by Crippen LogP contribution is 2.25. The maximum atomic E-state index is 11.9. The molecule has 0 aliphatic heterocycles. The van der Waals surface area contributed by atoms with Crippen LogP contribution < -0.4 is 5.32 Å². The molecule has 0 heterocycles. The van der Waals surface area contributed by atoms with E-state index in [9.17, 15) is 19.5 Å². The van der Waals surface area contributed by atoms with E-state index >= 15 is 0 Å². The molecule has 0 aliphatic carbocycles. The molecule has 0 unspecified atom stereocenters. The van der Waals surface area contributed by atoms with Crippen molar-refractivity contribution < 1.29 is 19.5 Å². The molecule has 0 atom stereocenters. The number of hydrogen-bond acceptors (Lipinski definition) is 3. The van der Waals surface area contributed by atoms with Crippen LogP contribution in [0, 0.1) is 5.41 Å². The van der Waals surface area contributed by atoms with Gasteiger partial charge in [0.25, 0.3) is 0 Å². The maximum Gasteiger partial charge on any atom is 0.311 e. The molecule has 2 N–H and O–H groups in total. The Kier molecular flexibility index (Phi) is 6.76. The van der Waals surface area contributed by atoms with Crippen molar-refractivity contribution in [2.45, 2.75) is 39.5 Å². The molecule has 120 valence electrons. The van der Waals surface area contributed by atoms with Crippen LogP contribution >= 0.6 is 0 Å². The largest absolute Gasteiger partial charge is 0.481 e. The summed E-state index contributed by atoms with van der Waals surface area (Å²) in [5.74, 6) is -1.29. The lowest BCUT2D eigenvalue weighted by Crippen LogP contribution is -2.42. The third-order valence-corrected chi connectivity index (χ3v) is 4.11. The molecule has 1 rings (SSSR count). The Balaban J connectivity index is 2.47. The van der Waals surface area contributed by atoms with Crippen molar-refractivity contribution in [2.24, 2.45) is 5.41 Å². The summed E-state index contributed by atoms with van der Waals surface area (Å²) >= 11 is 0. The predicted octanol–water partition coefficient (Wildman–Crippen LogP) is 2.66. The van der Waals surface area contributed by atoms with Gasteiger partial charge < -0.3 is 10.4 Å². The van der Waals surface area contributed by atoms with E-state index in [4.69, 9.17) is 0 Å². The van der Waals surface area contributed by atoms with Crippen LogP contribution in [0.4, 0.5) is 0 Å². The Morgan fingerprint density at radius 1 is 1.05 bits per heavy atom. The van der Waals surface area contributed by atoms with Gasteiger partial charge in [0.15, 0.2) is 5.78 Å². The van der Waals surface area contributed by atoms with Gasteiger partial charge in [-0.2, -0.15) is 0 Å². The molecule has 0 fully saturated rings.